The summed E-state index contributed by atoms with van der Waals surface area (Å²) in [5.74, 6) is -1.49. The van der Waals surface area contributed by atoms with Crippen LogP contribution in [0.5, 0.6) is 0 Å². The van der Waals surface area contributed by atoms with Crippen molar-refractivity contribution in [3.8, 4) is 0 Å². The predicted molar refractivity (Wildman–Crippen MR) is 129 cm³/mol. The van der Waals surface area contributed by atoms with Gasteiger partial charge in [-0.05, 0) is 60.0 Å². The molecule has 33 heavy (non-hydrogen) atoms. The number of hydrogen-bond donors (Lipinski definition) is 1. The van der Waals surface area contributed by atoms with Gasteiger partial charge in [-0.3, -0.25) is 9.59 Å². The first-order valence-electron chi connectivity index (χ1n) is 10.6. The van der Waals surface area contributed by atoms with Gasteiger partial charge in [0.15, 0.2) is 0 Å². The average molecular weight is 511 g/mol. The molecule has 0 unspecified atom stereocenters. The van der Waals surface area contributed by atoms with Crippen LogP contribution in [0.4, 0.5) is 10.1 Å². The minimum absolute atomic E-state index is 0.180. The first kappa shape index (κ1) is 23.1. The molecule has 7 heteroatoms. The number of nitrogens with one attached hydrogen (secondary N) is 1. The molecule has 0 radical (unpaired) electrons. The Balaban J connectivity index is 1.83. The van der Waals surface area contributed by atoms with Crippen LogP contribution in [0.15, 0.2) is 71.2 Å². The van der Waals surface area contributed by atoms with E-state index in [0.29, 0.717) is 35.5 Å². The normalized spacial score (nSPS) is 17.6. The molecule has 1 heterocycles. The Morgan fingerprint density at radius 3 is 2.55 bits per heavy atom. The topological polar surface area (TPSA) is 58.6 Å². The lowest BCUT2D eigenvalue weighted by Gasteiger charge is -2.41. The highest BCUT2D eigenvalue weighted by Crippen LogP contribution is 2.43. The summed E-state index contributed by atoms with van der Waals surface area (Å²) < 4.78 is 19.9. The van der Waals surface area contributed by atoms with Crippen molar-refractivity contribution in [3.05, 3.63) is 99.3 Å². The van der Waals surface area contributed by atoms with Gasteiger partial charge in [0.25, 0.3) is 5.91 Å². The number of amides is 2. The molecule has 4 rings (SSSR count). The highest BCUT2D eigenvalue weighted by Gasteiger charge is 2.44. The number of ether oxygens (including phenoxy) is 1. The molecule has 0 bridgehead atoms. The number of fused-ring (bicyclic) bond motifs is 1. The third-order valence-electron chi connectivity index (χ3n) is 5.92. The molecule has 2 atom stereocenters. The van der Waals surface area contributed by atoms with Crippen molar-refractivity contribution in [3.63, 3.8) is 0 Å². The Morgan fingerprint density at radius 2 is 1.85 bits per heavy atom. The van der Waals surface area contributed by atoms with E-state index in [2.05, 4.69) is 21.2 Å². The van der Waals surface area contributed by atoms with Gasteiger partial charge in [0.1, 0.15) is 5.82 Å². The fourth-order valence-electron chi connectivity index (χ4n) is 4.32. The summed E-state index contributed by atoms with van der Waals surface area (Å²) in [5, 5.41) is 3.05. The van der Waals surface area contributed by atoms with Gasteiger partial charge in [-0.1, -0.05) is 46.3 Å². The summed E-state index contributed by atoms with van der Waals surface area (Å²) in [6.07, 6.45) is 0. The lowest BCUT2D eigenvalue weighted by molar-refractivity contribution is -0.119. The van der Waals surface area contributed by atoms with E-state index in [0.717, 1.165) is 10.0 Å². The number of rotatable bonds is 6. The number of carbonyl (C=O) groups excluding carboxylic acids is 2. The number of halogens is 2. The number of anilines is 1. The van der Waals surface area contributed by atoms with Crippen molar-refractivity contribution < 1.29 is 18.7 Å². The Bertz CT molecular complexity index is 1180. The van der Waals surface area contributed by atoms with Gasteiger partial charge in [0, 0.05) is 29.4 Å². The standard InChI is InChI=1S/C26H24BrFN2O3/c1-16-15-18(27)9-12-22(16)29-25(31)23-20-5-3-4-6-21(20)26(32)30(13-14-33-2)24(23)17-7-10-19(28)11-8-17/h3-12,15,23-24H,13-14H2,1-2H3,(H,29,31)/t23-,24+/m0/s1. The van der Waals surface area contributed by atoms with Crippen molar-refractivity contribution in [1.82, 2.24) is 4.90 Å². The Hall–Kier alpha value is -3.03. The lowest BCUT2D eigenvalue weighted by atomic mass is 9.79. The van der Waals surface area contributed by atoms with Crippen molar-refractivity contribution in [2.75, 3.05) is 25.6 Å². The van der Waals surface area contributed by atoms with E-state index in [1.165, 1.54) is 12.1 Å². The Morgan fingerprint density at radius 1 is 1.12 bits per heavy atom. The van der Waals surface area contributed by atoms with Crippen LogP contribution in [0.2, 0.25) is 0 Å². The van der Waals surface area contributed by atoms with Crippen LogP contribution in [0.3, 0.4) is 0 Å². The summed E-state index contributed by atoms with van der Waals surface area (Å²) in [6.45, 7) is 2.53. The third-order valence-corrected chi connectivity index (χ3v) is 6.41. The van der Waals surface area contributed by atoms with Crippen molar-refractivity contribution >= 4 is 33.4 Å². The lowest BCUT2D eigenvalue weighted by Crippen LogP contribution is -2.47. The highest BCUT2D eigenvalue weighted by atomic mass is 79.9. The van der Waals surface area contributed by atoms with Crippen LogP contribution in [0, 0.1) is 12.7 Å². The molecule has 1 aliphatic heterocycles. The predicted octanol–water partition coefficient (Wildman–Crippen LogP) is 5.46. The molecule has 170 valence electrons. The fraction of sp³-hybridized carbons (Fsp3) is 0.231. The Kier molecular flexibility index (Phi) is 6.91. The minimum atomic E-state index is -0.690. The van der Waals surface area contributed by atoms with Gasteiger partial charge < -0.3 is 15.0 Å². The molecule has 3 aromatic rings. The van der Waals surface area contributed by atoms with Crippen LogP contribution < -0.4 is 5.32 Å². The van der Waals surface area contributed by atoms with E-state index in [1.807, 2.05) is 37.3 Å². The molecular weight excluding hydrogens is 487 g/mol. The van der Waals surface area contributed by atoms with Gasteiger partial charge in [-0.2, -0.15) is 0 Å². The summed E-state index contributed by atoms with van der Waals surface area (Å²) in [5.41, 5.74) is 3.42. The maximum absolute atomic E-state index is 13.8. The molecule has 1 N–H and O–H groups in total. The SMILES string of the molecule is COCCN1C(=O)c2ccccc2[C@H](C(=O)Nc2ccc(Br)cc2C)[C@H]1c1ccc(F)cc1. The smallest absolute Gasteiger partial charge is 0.254 e. The number of hydrogen-bond acceptors (Lipinski definition) is 3. The second kappa shape index (κ2) is 9.85. The van der Waals surface area contributed by atoms with Crippen LogP contribution in [-0.4, -0.2) is 37.0 Å². The summed E-state index contributed by atoms with van der Waals surface area (Å²) in [7, 11) is 1.57. The number of methoxy groups -OCH3 is 1. The molecule has 5 nitrogen and oxygen atoms in total. The quantitative estimate of drug-likeness (QED) is 0.478. The summed E-state index contributed by atoms with van der Waals surface area (Å²) in [4.78, 5) is 28.9. The number of carbonyl (C=O) groups is 2. The van der Waals surface area contributed by atoms with Crippen LogP contribution in [0.25, 0.3) is 0 Å². The van der Waals surface area contributed by atoms with Crippen molar-refractivity contribution in [2.24, 2.45) is 0 Å². The molecule has 0 aliphatic carbocycles. The van der Waals surface area contributed by atoms with E-state index in [9.17, 15) is 14.0 Å². The van der Waals surface area contributed by atoms with Crippen molar-refractivity contribution in [1.29, 1.82) is 0 Å². The van der Waals surface area contributed by atoms with E-state index < -0.39 is 12.0 Å². The largest absolute Gasteiger partial charge is 0.383 e. The zero-order valence-corrected chi connectivity index (χ0v) is 19.9. The zero-order valence-electron chi connectivity index (χ0n) is 18.3. The Labute approximate surface area is 200 Å². The second-order valence-corrected chi connectivity index (χ2v) is 8.92. The summed E-state index contributed by atoms with van der Waals surface area (Å²) in [6, 6.07) is 18.1. The van der Waals surface area contributed by atoms with Crippen molar-refractivity contribution in [2.45, 2.75) is 18.9 Å². The van der Waals surface area contributed by atoms with E-state index >= 15 is 0 Å². The van der Waals surface area contributed by atoms with Gasteiger partial charge in [-0.15, -0.1) is 0 Å². The van der Waals surface area contributed by atoms with Gasteiger partial charge in [0.2, 0.25) is 5.91 Å². The molecule has 2 amide bonds. The molecule has 1 aliphatic rings. The van der Waals surface area contributed by atoms with E-state index in [1.54, 1.807) is 36.3 Å². The second-order valence-electron chi connectivity index (χ2n) is 8.00. The van der Waals surface area contributed by atoms with E-state index in [4.69, 9.17) is 4.74 Å². The van der Waals surface area contributed by atoms with E-state index in [-0.39, 0.29) is 17.6 Å². The molecular formula is C26H24BrFN2O3. The first-order valence-corrected chi connectivity index (χ1v) is 11.4. The first-order chi connectivity index (χ1) is 15.9. The molecule has 0 fully saturated rings. The molecule has 0 aromatic heterocycles. The molecule has 0 saturated carbocycles. The summed E-state index contributed by atoms with van der Waals surface area (Å²) >= 11 is 3.45. The fourth-order valence-corrected chi connectivity index (χ4v) is 4.79. The van der Waals surface area contributed by atoms with Crippen LogP contribution in [0.1, 0.15) is 39.0 Å². The number of aryl methyl sites for hydroxylation is 1. The van der Waals surface area contributed by atoms with Crippen LogP contribution >= 0.6 is 15.9 Å². The third kappa shape index (κ3) is 4.70. The monoisotopic (exact) mass is 510 g/mol. The molecule has 0 spiro atoms. The zero-order chi connectivity index (χ0) is 23.5. The maximum Gasteiger partial charge on any atom is 0.254 e. The van der Waals surface area contributed by atoms with Gasteiger partial charge in [0.05, 0.1) is 18.6 Å². The van der Waals surface area contributed by atoms with Gasteiger partial charge >= 0.3 is 0 Å². The number of nitrogens with zero attached hydrogens (tertiary/aromatic N) is 1. The average Bonchev–Trinajstić information content (AvgIpc) is 2.80. The van der Waals surface area contributed by atoms with Gasteiger partial charge in [-0.25, -0.2) is 4.39 Å². The molecule has 0 saturated heterocycles. The minimum Gasteiger partial charge on any atom is -0.383 e. The highest BCUT2D eigenvalue weighted by molar-refractivity contribution is 9.10. The maximum atomic E-state index is 13.8. The molecule has 3 aromatic carbocycles. The number of benzene rings is 3. The van der Waals surface area contributed by atoms with Crippen LogP contribution in [-0.2, 0) is 9.53 Å².